The molecule has 2 aromatic carbocycles. The fourth-order valence-corrected chi connectivity index (χ4v) is 6.40. The fraction of sp³-hybridized carbons (Fsp3) is 0.394. The molecular formula is C33H34F3N5O3. The van der Waals surface area contributed by atoms with Gasteiger partial charge < -0.3 is 14.7 Å². The van der Waals surface area contributed by atoms with Crippen LogP contribution in [0.15, 0.2) is 72.8 Å². The molecule has 1 fully saturated rings. The molecule has 1 saturated heterocycles. The molecule has 2 aromatic heterocycles. The largest absolute Gasteiger partial charge is 0.474 e. The Kier molecular flexibility index (Phi) is 8.15. The van der Waals surface area contributed by atoms with Gasteiger partial charge in [-0.1, -0.05) is 60.7 Å². The molecule has 3 heterocycles. The molecule has 0 bridgehead atoms. The van der Waals surface area contributed by atoms with Gasteiger partial charge in [0, 0.05) is 30.6 Å². The number of hydrogen-bond donors (Lipinski definition) is 1. The minimum atomic E-state index is -4.84. The van der Waals surface area contributed by atoms with Crippen LogP contribution in [-0.2, 0) is 11.2 Å². The minimum absolute atomic E-state index is 0.0330. The van der Waals surface area contributed by atoms with Crippen molar-refractivity contribution in [3.8, 4) is 5.88 Å². The van der Waals surface area contributed by atoms with Crippen molar-refractivity contribution in [3.63, 3.8) is 0 Å². The number of aliphatic hydroxyl groups excluding tert-OH is 1. The number of aromatic nitrogens is 4. The summed E-state index contributed by atoms with van der Waals surface area (Å²) in [6.07, 6.45) is -6.33. The van der Waals surface area contributed by atoms with E-state index in [9.17, 15) is 23.1 Å². The molecule has 230 valence electrons. The number of Topliss-reactive ketones (excluding diaryl/α,β-unsaturated/α-hetero) is 1. The van der Waals surface area contributed by atoms with Crippen LogP contribution in [0, 0.1) is 0 Å². The number of fused-ring (bicyclic) bond motifs is 1. The lowest BCUT2D eigenvalue weighted by atomic mass is 9.78. The number of piperidine rings is 1. The Labute approximate surface area is 253 Å². The van der Waals surface area contributed by atoms with Crippen LogP contribution >= 0.6 is 0 Å². The van der Waals surface area contributed by atoms with Crippen LogP contribution in [0.3, 0.4) is 0 Å². The summed E-state index contributed by atoms with van der Waals surface area (Å²) in [7, 11) is 0. The maximum Gasteiger partial charge on any atom is 0.398 e. The average molecular weight is 606 g/mol. The van der Waals surface area contributed by atoms with E-state index in [1.54, 1.807) is 10.7 Å². The monoisotopic (exact) mass is 605 g/mol. The summed E-state index contributed by atoms with van der Waals surface area (Å²) in [6.45, 7) is 4.87. The lowest BCUT2D eigenvalue weighted by molar-refractivity contribution is -0.179. The first-order valence-corrected chi connectivity index (χ1v) is 14.9. The Morgan fingerprint density at radius 2 is 1.52 bits per heavy atom. The van der Waals surface area contributed by atoms with E-state index in [0.29, 0.717) is 43.3 Å². The summed E-state index contributed by atoms with van der Waals surface area (Å²) in [4.78, 5) is 15.0. The number of aliphatic hydroxyl groups is 1. The summed E-state index contributed by atoms with van der Waals surface area (Å²) >= 11 is 0. The minimum Gasteiger partial charge on any atom is -0.474 e. The predicted molar refractivity (Wildman–Crippen MR) is 158 cm³/mol. The van der Waals surface area contributed by atoms with Crippen LogP contribution in [0.4, 0.5) is 19.0 Å². The van der Waals surface area contributed by atoms with Crippen molar-refractivity contribution in [1.82, 2.24) is 20.0 Å². The van der Waals surface area contributed by atoms with Crippen LogP contribution in [0.5, 0.6) is 5.88 Å². The third-order valence-corrected chi connectivity index (χ3v) is 8.39. The van der Waals surface area contributed by atoms with E-state index in [-0.39, 0.29) is 29.7 Å². The third kappa shape index (κ3) is 5.80. The van der Waals surface area contributed by atoms with Crippen molar-refractivity contribution >= 4 is 11.6 Å². The molecule has 6 rings (SSSR count). The van der Waals surface area contributed by atoms with E-state index in [2.05, 4.69) is 10.2 Å². The number of rotatable bonds is 7. The van der Waals surface area contributed by atoms with Crippen molar-refractivity contribution in [1.29, 1.82) is 0 Å². The number of carbonyl (C=O) groups is 1. The van der Waals surface area contributed by atoms with Crippen molar-refractivity contribution in [2.24, 2.45) is 0 Å². The first-order chi connectivity index (χ1) is 21.1. The number of carbonyl (C=O) groups excluding carboxylic acids is 1. The van der Waals surface area contributed by atoms with Crippen molar-refractivity contribution in [2.75, 3.05) is 18.0 Å². The molecule has 0 radical (unpaired) electrons. The van der Waals surface area contributed by atoms with Crippen LogP contribution in [-0.4, -0.2) is 62.3 Å². The number of alkyl halides is 3. The predicted octanol–water partition coefficient (Wildman–Crippen LogP) is 5.61. The van der Waals surface area contributed by atoms with E-state index < -0.39 is 30.0 Å². The van der Waals surface area contributed by atoms with E-state index >= 15 is 0 Å². The standard InChI is InChI=1S/C33H34F3N5O3/c1-20(2)44-27-14-13-26(37-38-27)40-17-15-21(16-18-40)30-28-24(19-25(42)32(43)29(28)33(34,35)36)41(39-30)31(22-9-5-3-6-10-22)23-11-7-4-8-12-23/h3-14,20-21,29,31-32,43H,15-19H2,1-2H3/t29-,32+/m0/s1. The lowest BCUT2D eigenvalue weighted by Crippen LogP contribution is -2.43. The highest BCUT2D eigenvalue weighted by Crippen LogP contribution is 2.48. The SMILES string of the molecule is CC(C)Oc1ccc(N2CCC(c3nn(C(c4ccccc4)c4ccccc4)c4c3[C@H](C(F)(F)F)[C@H](O)C(=O)C4)CC2)nn1. The molecule has 2 aliphatic rings. The maximum atomic E-state index is 14.7. The molecule has 1 aliphatic carbocycles. The smallest absolute Gasteiger partial charge is 0.398 e. The Morgan fingerprint density at radius 3 is 2.05 bits per heavy atom. The number of anilines is 1. The summed E-state index contributed by atoms with van der Waals surface area (Å²) in [5, 5.41) is 24.0. The van der Waals surface area contributed by atoms with Crippen LogP contribution in [0.1, 0.15) is 72.6 Å². The number of ketones is 1. The number of ether oxygens (including phenoxy) is 1. The summed E-state index contributed by atoms with van der Waals surface area (Å²) in [6, 6.07) is 21.9. The second-order valence-corrected chi connectivity index (χ2v) is 11.7. The topological polar surface area (TPSA) is 93.4 Å². The molecule has 11 heteroatoms. The van der Waals surface area contributed by atoms with Gasteiger partial charge in [0.2, 0.25) is 5.88 Å². The van der Waals surface area contributed by atoms with Gasteiger partial charge in [0.05, 0.1) is 23.9 Å². The molecule has 8 nitrogen and oxygen atoms in total. The molecule has 44 heavy (non-hydrogen) atoms. The van der Waals surface area contributed by atoms with Crippen molar-refractivity contribution in [2.45, 2.75) is 69.4 Å². The third-order valence-electron chi connectivity index (χ3n) is 8.39. The maximum absolute atomic E-state index is 14.7. The zero-order valence-corrected chi connectivity index (χ0v) is 24.5. The molecule has 0 amide bonds. The normalized spacial score (nSPS) is 19.5. The summed E-state index contributed by atoms with van der Waals surface area (Å²) in [5.74, 6) is -2.42. The van der Waals surface area contributed by atoms with Gasteiger partial charge in [-0.25, -0.2) is 0 Å². The average Bonchev–Trinajstić information content (AvgIpc) is 3.36. The highest BCUT2D eigenvalue weighted by molar-refractivity contribution is 5.88. The van der Waals surface area contributed by atoms with Crippen LogP contribution < -0.4 is 9.64 Å². The second-order valence-electron chi connectivity index (χ2n) is 11.7. The highest BCUT2D eigenvalue weighted by Gasteiger charge is 2.54. The highest BCUT2D eigenvalue weighted by atomic mass is 19.4. The van der Waals surface area contributed by atoms with Crippen LogP contribution in [0.2, 0.25) is 0 Å². The molecule has 0 unspecified atom stereocenters. The van der Waals surface area contributed by atoms with Crippen molar-refractivity contribution < 1.29 is 27.8 Å². The molecule has 0 spiro atoms. The quantitative estimate of drug-likeness (QED) is 0.293. The zero-order valence-electron chi connectivity index (χ0n) is 24.5. The van der Waals surface area contributed by atoms with E-state index in [1.807, 2.05) is 85.5 Å². The van der Waals surface area contributed by atoms with Gasteiger partial charge in [-0.3, -0.25) is 9.48 Å². The Morgan fingerprint density at radius 1 is 0.909 bits per heavy atom. The number of hydrogen-bond acceptors (Lipinski definition) is 7. The Bertz CT molecular complexity index is 1550. The first kappa shape index (κ1) is 29.8. The summed E-state index contributed by atoms with van der Waals surface area (Å²) in [5.41, 5.74) is 2.11. The molecule has 1 aliphatic heterocycles. The van der Waals surface area contributed by atoms with Gasteiger partial charge in [0.1, 0.15) is 18.1 Å². The molecule has 2 atom stereocenters. The van der Waals surface area contributed by atoms with Gasteiger partial charge in [0.25, 0.3) is 0 Å². The number of nitrogens with zero attached hydrogens (tertiary/aromatic N) is 5. The van der Waals surface area contributed by atoms with E-state index in [0.717, 1.165) is 11.1 Å². The number of benzene rings is 2. The Balaban J connectivity index is 1.40. The van der Waals surface area contributed by atoms with Gasteiger partial charge in [0.15, 0.2) is 11.6 Å². The van der Waals surface area contributed by atoms with Crippen LogP contribution in [0.25, 0.3) is 0 Å². The lowest BCUT2D eigenvalue weighted by Gasteiger charge is -2.34. The van der Waals surface area contributed by atoms with Gasteiger partial charge in [-0.15, -0.1) is 10.2 Å². The zero-order chi connectivity index (χ0) is 31.0. The number of halogens is 3. The van der Waals surface area contributed by atoms with E-state index in [4.69, 9.17) is 9.84 Å². The Hall–Kier alpha value is -4.25. The summed E-state index contributed by atoms with van der Waals surface area (Å²) < 4.78 is 51.2. The molecule has 1 N–H and O–H groups in total. The molecule has 4 aromatic rings. The molecular weight excluding hydrogens is 571 g/mol. The van der Waals surface area contributed by atoms with Gasteiger partial charge in [-0.05, 0) is 43.9 Å². The second kappa shape index (κ2) is 12.0. The molecule has 0 saturated carbocycles. The fourth-order valence-electron chi connectivity index (χ4n) is 6.40. The van der Waals surface area contributed by atoms with Gasteiger partial charge >= 0.3 is 6.18 Å². The van der Waals surface area contributed by atoms with Gasteiger partial charge in [-0.2, -0.15) is 18.3 Å². The first-order valence-electron chi connectivity index (χ1n) is 14.9. The van der Waals surface area contributed by atoms with Crippen molar-refractivity contribution in [3.05, 3.63) is 101 Å². The van der Waals surface area contributed by atoms with E-state index in [1.165, 1.54) is 0 Å².